The standard InChI is InChI=1S/C36H60O4SSi2/c1-24(2)42(25(3)4,26(5)6)39-34(31(14)36(37)40-43(27(7)8,28(9)10)29(11)12)23-32-17-15-16-18-35(32)41(38)33-21-19-30(13)20-22-33/h15-22,24-29,31,34H,23H2,1-14H3/t31-,34-,41?/m1/s1. The van der Waals surface area contributed by atoms with Crippen LogP contribution in [0.2, 0.25) is 33.2 Å². The van der Waals surface area contributed by atoms with Crippen LogP contribution in [-0.4, -0.2) is 32.9 Å². The zero-order chi connectivity index (χ0) is 32.9. The maximum absolute atomic E-state index is 14.3. The minimum atomic E-state index is -2.44. The number of carbonyl (C=O) groups is 1. The van der Waals surface area contributed by atoms with Crippen molar-refractivity contribution in [2.45, 2.75) is 152 Å². The van der Waals surface area contributed by atoms with Crippen LogP contribution in [0.5, 0.6) is 0 Å². The van der Waals surface area contributed by atoms with E-state index < -0.39 is 33.4 Å². The monoisotopic (exact) mass is 644 g/mol. The predicted molar refractivity (Wildman–Crippen MR) is 188 cm³/mol. The molecular weight excluding hydrogens is 585 g/mol. The van der Waals surface area contributed by atoms with Gasteiger partial charge < -0.3 is 8.85 Å². The van der Waals surface area contributed by atoms with Crippen LogP contribution in [0.1, 0.15) is 101 Å². The summed E-state index contributed by atoms with van der Waals surface area (Å²) in [6.07, 6.45) is 0.116. The zero-order valence-electron chi connectivity index (χ0n) is 29.5. The number of carbonyl (C=O) groups excluding carboxylic acids is 1. The van der Waals surface area contributed by atoms with Crippen LogP contribution in [0.25, 0.3) is 0 Å². The van der Waals surface area contributed by atoms with Crippen molar-refractivity contribution in [1.82, 2.24) is 0 Å². The van der Waals surface area contributed by atoms with Gasteiger partial charge in [-0.1, -0.05) is 119 Å². The minimum absolute atomic E-state index is 0.149. The Kier molecular flexibility index (Phi) is 13.7. The third-order valence-electron chi connectivity index (χ3n) is 9.81. The number of rotatable bonds is 15. The lowest BCUT2D eigenvalue weighted by Crippen LogP contribution is -2.54. The fraction of sp³-hybridized carbons (Fsp3) is 0.639. The van der Waals surface area contributed by atoms with Crippen LogP contribution in [0.3, 0.4) is 0 Å². The van der Waals surface area contributed by atoms with Crippen molar-refractivity contribution < 1.29 is 17.9 Å². The van der Waals surface area contributed by atoms with Crippen molar-refractivity contribution in [3.05, 3.63) is 59.7 Å². The van der Waals surface area contributed by atoms with E-state index >= 15 is 0 Å². The van der Waals surface area contributed by atoms with Gasteiger partial charge in [-0.2, -0.15) is 0 Å². The van der Waals surface area contributed by atoms with E-state index in [1.165, 1.54) is 0 Å². The molecule has 0 aliphatic heterocycles. The average molecular weight is 645 g/mol. The molecule has 0 aromatic heterocycles. The smallest absolute Gasteiger partial charge is 0.297 e. The second kappa shape index (κ2) is 15.6. The normalized spacial score (nSPS) is 15.2. The van der Waals surface area contributed by atoms with Crippen molar-refractivity contribution in [2.75, 3.05) is 0 Å². The largest absolute Gasteiger partial charge is 0.518 e. The molecule has 1 unspecified atom stereocenters. The Hall–Kier alpha value is -1.55. The van der Waals surface area contributed by atoms with E-state index in [-0.39, 0.29) is 12.1 Å². The summed E-state index contributed by atoms with van der Waals surface area (Å²) >= 11 is 0. The molecule has 7 heteroatoms. The first kappa shape index (κ1) is 37.6. The fourth-order valence-electron chi connectivity index (χ4n) is 7.62. The summed E-state index contributed by atoms with van der Waals surface area (Å²) < 4.78 is 28.0. The van der Waals surface area contributed by atoms with Gasteiger partial charge in [0.2, 0.25) is 8.32 Å². The molecule has 4 nitrogen and oxygen atoms in total. The molecule has 0 fully saturated rings. The van der Waals surface area contributed by atoms with Crippen molar-refractivity contribution in [2.24, 2.45) is 5.92 Å². The summed E-state index contributed by atoms with van der Waals surface area (Å²) in [5, 5.41) is 0. The molecule has 2 aromatic carbocycles. The van der Waals surface area contributed by atoms with Crippen molar-refractivity contribution in [3.63, 3.8) is 0 Å². The minimum Gasteiger partial charge on any atom is -0.518 e. The lowest BCUT2D eigenvalue weighted by Gasteiger charge is -2.46. The lowest BCUT2D eigenvalue weighted by atomic mass is 9.98. The molecular formula is C36H60O4SSi2. The first-order valence-electron chi connectivity index (χ1n) is 16.4. The van der Waals surface area contributed by atoms with E-state index in [0.29, 0.717) is 39.7 Å². The van der Waals surface area contributed by atoms with E-state index in [2.05, 4.69) is 89.2 Å². The Morgan fingerprint density at radius 3 is 1.56 bits per heavy atom. The van der Waals surface area contributed by atoms with E-state index in [9.17, 15) is 9.00 Å². The van der Waals surface area contributed by atoms with Gasteiger partial charge in [-0.25, -0.2) is 4.21 Å². The third kappa shape index (κ3) is 8.19. The van der Waals surface area contributed by atoms with Gasteiger partial charge in [0.15, 0.2) is 0 Å². The van der Waals surface area contributed by atoms with Gasteiger partial charge in [0.1, 0.15) is 0 Å². The van der Waals surface area contributed by atoms with E-state index in [1.54, 1.807) is 0 Å². The lowest BCUT2D eigenvalue weighted by molar-refractivity contribution is -0.143. The Morgan fingerprint density at radius 1 is 0.674 bits per heavy atom. The zero-order valence-corrected chi connectivity index (χ0v) is 32.3. The molecule has 242 valence electrons. The maximum Gasteiger partial charge on any atom is 0.297 e. The molecule has 0 aliphatic rings. The van der Waals surface area contributed by atoms with Crippen LogP contribution in [0.4, 0.5) is 0 Å². The molecule has 0 aliphatic carbocycles. The highest BCUT2D eigenvalue weighted by Gasteiger charge is 2.51. The van der Waals surface area contributed by atoms with Gasteiger partial charge in [0.05, 0.1) is 22.8 Å². The van der Waals surface area contributed by atoms with Gasteiger partial charge in [-0.05, 0) is 77.3 Å². The molecule has 2 aromatic rings. The second-order valence-corrected chi connectivity index (χ2v) is 26.6. The van der Waals surface area contributed by atoms with Crippen LogP contribution >= 0.6 is 0 Å². The van der Waals surface area contributed by atoms with Gasteiger partial charge in [-0.3, -0.25) is 4.79 Å². The molecule has 0 heterocycles. The van der Waals surface area contributed by atoms with Crippen molar-refractivity contribution in [1.29, 1.82) is 0 Å². The highest BCUT2D eigenvalue weighted by molar-refractivity contribution is 7.85. The quantitative estimate of drug-likeness (QED) is 0.181. The highest BCUT2D eigenvalue weighted by atomic mass is 32.2. The fourth-order valence-corrected chi connectivity index (χ4v) is 19.7. The summed E-state index contributed by atoms with van der Waals surface area (Å²) in [7, 11) is -6.14. The number of benzene rings is 2. The first-order chi connectivity index (χ1) is 19.9. The summed E-state index contributed by atoms with van der Waals surface area (Å²) in [4.78, 5) is 15.8. The Labute approximate surface area is 268 Å². The molecule has 0 N–H and O–H groups in total. The number of aryl methyl sites for hydroxylation is 1. The molecule has 0 bridgehead atoms. The SMILES string of the molecule is Cc1ccc(S(=O)c2ccccc2C[C@@H](O[Si](C(C)C)(C(C)C)C(C)C)[C@@H](C)C(=O)O[Si](C(C)C)(C(C)C)C(C)C)cc1. The maximum atomic E-state index is 14.3. The van der Waals surface area contributed by atoms with Crippen LogP contribution in [-0.2, 0) is 30.9 Å². The van der Waals surface area contributed by atoms with E-state index in [4.69, 9.17) is 8.85 Å². The molecule has 0 saturated carbocycles. The Bertz CT molecular complexity index is 1160. The average Bonchev–Trinajstić information content (AvgIpc) is 2.92. The Balaban J connectivity index is 2.65. The molecule has 2 rings (SSSR count). The first-order valence-corrected chi connectivity index (χ1v) is 21.8. The molecule has 0 spiro atoms. The second-order valence-electron chi connectivity index (χ2n) is 14.4. The molecule has 0 saturated heterocycles. The van der Waals surface area contributed by atoms with Crippen LogP contribution in [0, 0.1) is 12.8 Å². The summed E-state index contributed by atoms with van der Waals surface area (Å²) in [6.45, 7) is 31.0. The van der Waals surface area contributed by atoms with Crippen LogP contribution in [0.15, 0.2) is 58.3 Å². The highest BCUT2D eigenvalue weighted by Crippen LogP contribution is 2.46. The molecule has 0 radical (unpaired) electrons. The van der Waals surface area contributed by atoms with Gasteiger partial charge in [0.25, 0.3) is 14.3 Å². The van der Waals surface area contributed by atoms with Gasteiger partial charge in [0, 0.05) is 9.79 Å². The van der Waals surface area contributed by atoms with Gasteiger partial charge >= 0.3 is 0 Å². The number of hydrogen-bond acceptors (Lipinski definition) is 4. The molecule has 43 heavy (non-hydrogen) atoms. The van der Waals surface area contributed by atoms with E-state index in [1.807, 2.05) is 56.3 Å². The van der Waals surface area contributed by atoms with Crippen molar-refractivity contribution >= 4 is 33.4 Å². The van der Waals surface area contributed by atoms with Gasteiger partial charge in [-0.15, -0.1) is 0 Å². The van der Waals surface area contributed by atoms with Crippen molar-refractivity contribution in [3.8, 4) is 0 Å². The van der Waals surface area contributed by atoms with Crippen LogP contribution < -0.4 is 0 Å². The molecule has 0 amide bonds. The third-order valence-corrected chi connectivity index (χ3v) is 23.4. The van der Waals surface area contributed by atoms with E-state index in [0.717, 1.165) is 20.9 Å². The Morgan fingerprint density at radius 2 is 1.12 bits per heavy atom. The summed E-state index contributed by atoms with van der Waals surface area (Å²) in [6, 6.07) is 15.8. The molecule has 3 atom stereocenters. The summed E-state index contributed by atoms with van der Waals surface area (Å²) in [5.41, 5.74) is 4.10. The number of hydrogen-bond donors (Lipinski definition) is 0. The summed E-state index contributed by atoms with van der Waals surface area (Å²) in [5.74, 6) is -0.615. The topological polar surface area (TPSA) is 52.6 Å². The predicted octanol–water partition coefficient (Wildman–Crippen LogP) is 10.6.